The zero-order valence-electron chi connectivity index (χ0n) is 14.7. The van der Waals surface area contributed by atoms with Gasteiger partial charge in [-0.15, -0.1) is 0 Å². The molecule has 9 nitrogen and oxygen atoms in total. The molecule has 3 heterocycles. The van der Waals surface area contributed by atoms with Crippen molar-refractivity contribution in [2.45, 2.75) is 25.1 Å². The van der Waals surface area contributed by atoms with Crippen LogP contribution in [0.5, 0.6) is 0 Å². The molecule has 0 unspecified atom stereocenters. The van der Waals surface area contributed by atoms with E-state index in [0.29, 0.717) is 12.3 Å². The average Bonchev–Trinajstić information content (AvgIpc) is 3.14. The largest absolute Gasteiger partial charge is 0.481 e. The molecule has 1 aromatic heterocycles. The number of aryl methyl sites for hydroxylation is 1. The number of hydrogen-bond acceptors (Lipinski definition) is 7. The predicted molar refractivity (Wildman–Crippen MR) is 89.0 cm³/mol. The van der Waals surface area contributed by atoms with Gasteiger partial charge < -0.3 is 19.3 Å². The summed E-state index contributed by atoms with van der Waals surface area (Å²) in [5, 5.41) is 6.96. The molecule has 1 amide bonds. The van der Waals surface area contributed by atoms with E-state index in [1.54, 1.807) is 11.8 Å². The van der Waals surface area contributed by atoms with Crippen molar-refractivity contribution in [3.05, 3.63) is 17.8 Å². The predicted octanol–water partition coefficient (Wildman–Crippen LogP) is -0.127. The number of rotatable bonds is 2. The molecule has 2 saturated heterocycles. The van der Waals surface area contributed by atoms with Crippen LogP contribution in [0, 0.1) is 12.8 Å². The number of oxazole rings is 1. The summed E-state index contributed by atoms with van der Waals surface area (Å²) in [7, 11) is 0.625. The Bertz CT molecular complexity index is 753. The van der Waals surface area contributed by atoms with Crippen LogP contribution in [0.15, 0.2) is 10.8 Å². The van der Waals surface area contributed by atoms with Gasteiger partial charge in [-0.1, -0.05) is 0 Å². The van der Waals surface area contributed by atoms with Crippen molar-refractivity contribution < 1.29 is 27.5 Å². The third-order valence-corrected chi connectivity index (χ3v) is 6.79. The molecule has 0 radical (unpaired) electrons. The van der Waals surface area contributed by atoms with Crippen molar-refractivity contribution in [1.29, 1.82) is 0 Å². The SMILES string of the molecule is CC(=O)O.Cc1ocnc1C(=O)N1C[C@H]2[C@H](N(C)C)CS(=O)(=O)[C@H]2C1. The first-order chi connectivity index (χ1) is 11.5. The first-order valence-corrected chi connectivity index (χ1v) is 9.53. The maximum atomic E-state index is 12.4. The smallest absolute Gasteiger partial charge is 0.300 e. The Kier molecular flexibility index (Phi) is 5.52. The molecule has 140 valence electrons. The van der Waals surface area contributed by atoms with E-state index >= 15 is 0 Å². The molecule has 0 aliphatic carbocycles. The molecule has 3 rings (SSSR count). The number of hydrogen-bond donors (Lipinski definition) is 1. The highest BCUT2D eigenvalue weighted by Crippen LogP contribution is 2.36. The van der Waals surface area contributed by atoms with Crippen LogP contribution in [0.25, 0.3) is 0 Å². The van der Waals surface area contributed by atoms with E-state index in [-0.39, 0.29) is 35.9 Å². The van der Waals surface area contributed by atoms with Crippen molar-refractivity contribution in [2.24, 2.45) is 5.92 Å². The zero-order valence-corrected chi connectivity index (χ0v) is 15.5. The third kappa shape index (κ3) is 4.01. The minimum Gasteiger partial charge on any atom is -0.481 e. The maximum Gasteiger partial charge on any atom is 0.300 e. The first kappa shape index (κ1) is 19.4. The minimum absolute atomic E-state index is 0.0267. The van der Waals surface area contributed by atoms with E-state index in [1.165, 1.54) is 6.39 Å². The number of sulfone groups is 1. The molecule has 1 aromatic rings. The van der Waals surface area contributed by atoms with E-state index in [1.807, 2.05) is 19.0 Å². The van der Waals surface area contributed by atoms with Crippen molar-refractivity contribution in [2.75, 3.05) is 32.9 Å². The first-order valence-electron chi connectivity index (χ1n) is 7.81. The number of fused-ring (bicyclic) bond motifs is 1. The lowest BCUT2D eigenvalue weighted by molar-refractivity contribution is -0.134. The molecule has 2 aliphatic heterocycles. The molecule has 0 aromatic carbocycles. The molecule has 0 bridgehead atoms. The monoisotopic (exact) mass is 373 g/mol. The molecule has 0 spiro atoms. The van der Waals surface area contributed by atoms with Crippen molar-refractivity contribution in [1.82, 2.24) is 14.8 Å². The van der Waals surface area contributed by atoms with Crippen LogP contribution in [-0.2, 0) is 14.6 Å². The van der Waals surface area contributed by atoms with E-state index in [2.05, 4.69) is 4.98 Å². The van der Waals surface area contributed by atoms with Gasteiger partial charge in [-0.25, -0.2) is 13.4 Å². The Labute approximate surface area is 146 Å². The molecule has 2 fully saturated rings. The fraction of sp³-hybridized carbons (Fsp3) is 0.667. The summed E-state index contributed by atoms with van der Waals surface area (Å²) in [5.74, 6) is -0.464. The van der Waals surface area contributed by atoms with Crippen LogP contribution in [0.4, 0.5) is 0 Å². The quantitative estimate of drug-likeness (QED) is 0.761. The number of nitrogens with zero attached hydrogens (tertiary/aromatic N) is 3. The van der Waals surface area contributed by atoms with Crippen LogP contribution in [0.1, 0.15) is 23.2 Å². The van der Waals surface area contributed by atoms with Gasteiger partial charge in [0, 0.05) is 32.0 Å². The lowest BCUT2D eigenvalue weighted by Crippen LogP contribution is -2.38. The topological polar surface area (TPSA) is 121 Å². The number of amides is 1. The molecular formula is C15H23N3O6S. The van der Waals surface area contributed by atoms with Crippen LogP contribution in [0.3, 0.4) is 0 Å². The summed E-state index contributed by atoms with van der Waals surface area (Å²) in [4.78, 5) is 28.9. The normalized spacial score (nSPS) is 26.9. The Morgan fingerprint density at radius 3 is 2.44 bits per heavy atom. The van der Waals surface area contributed by atoms with Gasteiger partial charge in [0.15, 0.2) is 21.9 Å². The standard InChI is InChI=1S/C13H19N3O4S.C2H4O2/c1-8-12(14-7-20-8)13(17)16-4-9-10(15(2)3)6-21(18,19)11(9)5-16;1-2(3)4/h7,9-11H,4-6H2,1-3H3;1H3,(H,3,4)/t9-,10+,11-;/m0./s1. The van der Waals surface area contributed by atoms with Gasteiger partial charge in [-0.2, -0.15) is 0 Å². The van der Waals surface area contributed by atoms with Gasteiger partial charge in [-0.3, -0.25) is 9.59 Å². The van der Waals surface area contributed by atoms with E-state index < -0.39 is 21.1 Å². The summed E-state index contributed by atoms with van der Waals surface area (Å²) in [5.41, 5.74) is 0.272. The van der Waals surface area contributed by atoms with Crippen molar-refractivity contribution in [3.63, 3.8) is 0 Å². The van der Waals surface area contributed by atoms with Crippen LogP contribution < -0.4 is 0 Å². The summed E-state index contributed by atoms with van der Waals surface area (Å²) in [6.07, 6.45) is 1.23. The van der Waals surface area contributed by atoms with Gasteiger partial charge in [0.1, 0.15) is 5.76 Å². The second-order valence-corrected chi connectivity index (χ2v) is 8.81. The average molecular weight is 373 g/mol. The van der Waals surface area contributed by atoms with Gasteiger partial charge in [0.25, 0.3) is 11.9 Å². The Balaban J connectivity index is 0.000000511. The number of likely N-dealkylation sites (tertiary alicyclic amines) is 1. The Morgan fingerprint density at radius 1 is 1.36 bits per heavy atom. The number of carboxylic acids is 1. The van der Waals surface area contributed by atoms with Crippen molar-refractivity contribution >= 4 is 21.7 Å². The molecule has 0 saturated carbocycles. The number of carbonyl (C=O) groups excluding carboxylic acids is 1. The minimum atomic E-state index is -3.14. The lowest BCUT2D eigenvalue weighted by atomic mass is 10.00. The van der Waals surface area contributed by atoms with Crippen LogP contribution in [0.2, 0.25) is 0 Å². The van der Waals surface area contributed by atoms with Crippen LogP contribution >= 0.6 is 0 Å². The summed E-state index contributed by atoms with van der Waals surface area (Å²) in [6.45, 7) is 3.47. The Hall–Kier alpha value is -1.94. The molecule has 10 heteroatoms. The summed E-state index contributed by atoms with van der Waals surface area (Å²) >= 11 is 0. The highest BCUT2D eigenvalue weighted by molar-refractivity contribution is 7.92. The second kappa shape index (κ2) is 7.12. The van der Waals surface area contributed by atoms with E-state index in [9.17, 15) is 13.2 Å². The zero-order chi connectivity index (χ0) is 18.9. The van der Waals surface area contributed by atoms with Crippen LogP contribution in [-0.4, -0.2) is 84.4 Å². The lowest BCUT2D eigenvalue weighted by Gasteiger charge is -2.24. The summed E-state index contributed by atoms with van der Waals surface area (Å²) < 4.78 is 29.6. The van der Waals surface area contributed by atoms with Gasteiger partial charge in [0.05, 0.1) is 11.0 Å². The number of carboxylic acid groups (broad SMARTS) is 1. The second-order valence-electron chi connectivity index (χ2n) is 6.55. The van der Waals surface area contributed by atoms with Gasteiger partial charge in [0.2, 0.25) is 0 Å². The summed E-state index contributed by atoms with van der Waals surface area (Å²) in [6, 6.07) is -0.0313. The highest BCUT2D eigenvalue weighted by Gasteiger charge is 2.53. The molecule has 2 aliphatic rings. The fourth-order valence-electron chi connectivity index (χ4n) is 3.39. The van der Waals surface area contributed by atoms with Crippen molar-refractivity contribution in [3.8, 4) is 0 Å². The van der Waals surface area contributed by atoms with Gasteiger partial charge in [-0.05, 0) is 21.0 Å². The van der Waals surface area contributed by atoms with E-state index in [0.717, 1.165) is 6.92 Å². The molecular weight excluding hydrogens is 350 g/mol. The third-order valence-electron chi connectivity index (χ3n) is 4.57. The number of aliphatic carboxylic acids is 1. The molecule has 1 N–H and O–H groups in total. The molecule has 3 atom stereocenters. The maximum absolute atomic E-state index is 12.4. The highest BCUT2D eigenvalue weighted by atomic mass is 32.2. The number of carbonyl (C=O) groups is 2. The molecule has 25 heavy (non-hydrogen) atoms. The van der Waals surface area contributed by atoms with E-state index in [4.69, 9.17) is 14.3 Å². The number of aromatic nitrogens is 1. The van der Waals surface area contributed by atoms with Gasteiger partial charge >= 0.3 is 0 Å². The fourth-order valence-corrected chi connectivity index (χ4v) is 5.87. The Morgan fingerprint density at radius 2 is 1.96 bits per heavy atom.